The fourth-order valence-electron chi connectivity index (χ4n) is 1.25. The highest BCUT2D eigenvalue weighted by Gasteiger charge is 2.16. The molecule has 1 aliphatic rings. The van der Waals surface area contributed by atoms with Crippen molar-refractivity contribution in [3.8, 4) is 0 Å². The predicted molar refractivity (Wildman–Crippen MR) is 53.8 cm³/mol. The van der Waals surface area contributed by atoms with E-state index in [-0.39, 0.29) is 0 Å². The summed E-state index contributed by atoms with van der Waals surface area (Å²) >= 11 is 0. The second-order valence-electron chi connectivity index (χ2n) is 3.26. The average Bonchev–Trinajstić information content (AvgIpc) is 2.06. The molecule has 0 aromatic carbocycles. The average molecular weight is 172 g/mol. The highest BCUT2D eigenvalue weighted by atomic mass is 31.2. The maximum atomic E-state index is 3.77. The molecule has 0 unspecified atom stereocenters. The Balaban J connectivity index is 2.66. The molecule has 11 heavy (non-hydrogen) atoms. The minimum atomic E-state index is -1.07. The zero-order valence-corrected chi connectivity index (χ0v) is 8.32. The second kappa shape index (κ2) is 3.60. The van der Waals surface area contributed by atoms with Crippen molar-refractivity contribution in [3.63, 3.8) is 0 Å². The Bertz CT molecular complexity index is 194. The summed E-state index contributed by atoms with van der Waals surface area (Å²) in [6.07, 6.45) is 0. The van der Waals surface area contributed by atoms with Crippen LogP contribution in [0.5, 0.6) is 0 Å². The zero-order chi connectivity index (χ0) is 8.32. The number of hydrogen-bond acceptors (Lipinski definition) is 2. The van der Waals surface area contributed by atoms with Gasteiger partial charge >= 0.3 is 0 Å². The molecule has 0 aromatic rings. The van der Waals surface area contributed by atoms with Crippen LogP contribution in [-0.4, -0.2) is 49.6 Å². The fourth-order valence-corrected chi connectivity index (χ4v) is 2.65. The number of nitrogens with one attached hydrogen (secondary N) is 1. The summed E-state index contributed by atoms with van der Waals surface area (Å²) in [5, 5.41) is 3.34. The van der Waals surface area contributed by atoms with Gasteiger partial charge in [0.1, 0.15) is 0 Å². The van der Waals surface area contributed by atoms with Gasteiger partial charge in [0, 0.05) is 26.2 Å². The van der Waals surface area contributed by atoms with E-state index in [1.807, 2.05) is 0 Å². The van der Waals surface area contributed by atoms with Gasteiger partial charge in [0.05, 0.1) is 0 Å². The molecule has 3 heteroatoms. The highest BCUT2D eigenvalue weighted by Crippen LogP contribution is 2.40. The third-order valence-electron chi connectivity index (χ3n) is 2.19. The summed E-state index contributed by atoms with van der Waals surface area (Å²) in [5.74, 6) is 0. The van der Waals surface area contributed by atoms with E-state index in [4.69, 9.17) is 0 Å². The molecule has 0 radical (unpaired) electrons. The standard InChI is InChI=1S/C8H17N2P/c1-4-11(2,3)10-7-5-9-6-8-10/h9H,1,5-8H2,2-3H3. The van der Waals surface area contributed by atoms with Crippen molar-refractivity contribution >= 4 is 12.5 Å². The number of hydrogen-bond donors (Lipinski definition) is 1. The molecule has 64 valence electrons. The lowest BCUT2D eigenvalue weighted by atomic mass is 10.4. The second-order valence-corrected chi connectivity index (χ2v) is 6.93. The highest BCUT2D eigenvalue weighted by molar-refractivity contribution is 7.70. The van der Waals surface area contributed by atoms with Crippen LogP contribution in [-0.2, 0) is 0 Å². The van der Waals surface area contributed by atoms with Gasteiger partial charge in [-0.25, -0.2) is 0 Å². The van der Waals surface area contributed by atoms with Gasteiger partial charge in [0.2, 0.25) is 0 Å². The van der Waals surface area contributed by atoms with Crippen molar-refractivity contribution < 1.29 is 0 Å². The molecule has 1 N–H and O–H groups in total. The van der Waals surface area contributed by atoms with Crippen molar-refractivity contribution in [1.82, 2.24) is 9.99 Å². The zero-order valence-electron chi connectivity index (χ0n) is 7.43. The first-order valence-electron chi connectivity index (χ1n) is 4.01. The first-order valence-corrected chi connectivity index (χ1v) is 6.65. The molecule has 0 amide bonds. The molecule has 0 bridgehead atoms. The molecule has 1 rings (SSSR count). The minimum Gasteiger partial charge on any atom is -0.314 e. The fraction of sp³-hybridized carbons (Fsp3) is 0.750. The molecular weight excluding hydrogens is 155 g/mol. The van der Waals surface area contributed by atoms with Crippen LogP contribution in [0.15, 0.2) is 6.58 Å². The van der Waals surface area contributed by atoms with E-state index in [1.54, 1.807) is 0 Å². The lowest BCUT2D eigenvalue weighted by Gasteiger charge is -2.34. The van der Waals surface area contributed by atoms with Crippen LogP contribution < -0.4 is 5.32 Å². The normalized spacial score (nSPS) is 21.3. The first-order chi connectivity index (χ1) is 5.17. The number of piperazine rings is 1. The molecule has 2 nitrogen and oxygen atoms in total. The Hall–Kier alpha value is 0.0000000000000000139. The number of nitrogens with zero attached hydrogens (tertiary/aromatic N) is 1. The third kappa shape index (κ3) is 2.21. The summed E-state index contributed by atoms with van der Waals surface area (Å²) in [7, 11) is -1.07. The van der Waals surface area contributed by atoms with E-state index in [1.165, 1.54) is 0 Å². The lowest BCUT2D eigenvalue weighted by molar-refractivity contribution is 0.386. The largest absolute Gasteiger partial charge is 0.314 e. The van der Waals surface area contributed by atoms with Gasteiger partial charge in [-0.15, -0.1) is 5.45 Å². The third-order valence-corrected chi connectivity index (χ3v) is 4.78. The van der Waals surface area contributed by atoms with Gasteiger partial charge in [0.15, 0.2) is 0 Å². The van der Waals surface area contributed by atoms with Crippen LogP contribution in [0.4, 0.5) is 0 Å². The van der Waals surface area contributed by atoms with Crippen LogP contribution in [0, 0.1) is 0 Å². The molecule has 0 saturated carbocycles. The Kier molecular flexibility index (Phi) is 2.98. The molecule has 1 aliphatic heterocycles. The summed E-state index contributed by atoms with van der Waals surface area (Å²) in [4.78, 5) is 0. The van der Waals surface area contributed by atoms with Crippen LogP contribution in [0.25, 0.3) is 0 Å². The quantitative estimate of drug-likeness (QED) is 0.585. The molecule has 0 atom stereocenters. The summed E-state index contributed by atoms with van der Waals surface area (Å²) < 4.78 is 2.51. The van der Waals surface area contributed by atoms with Crippen molar-refractivity contribution in [2.45, 2.75) is 0 Å². The number of rotatable bonds is 1. The molecule has 0 spiro atoms. The molecule has 1 fully saturated rings. The van der Waals surface area contributed by atoms with E-state index in [0.717, 1.165) is 26.2 Å². The van der Waals surface area contributed by atoms with Gasteiger partial charge in [-0.3, -0.25) is 4.67 Å². The van der Waals surface area contributed by atoms with Gasteiger partial charge in [0.25, 0.3) is 0 Å². The monoisotopic (exact) mass is 172 g/mol. The van der Waals surface area contributed by atoms with Crippen LogP contribution in [0.2, 0.25) is 0 Å². The SMILES string of the molecule is C=C=P(C)(C)N1CCNCC1. The Morgan fingerprint density at radius 1 is 1.36 bits per heavy atom. The Morgan fingerprint density at radius 2 is 1.91 bits per heavy atom. The van der Waals surface area contributed by atoms with Crippen molar-refractivity contribution in [3.05, 3.63) is 6.58 Å². The van der Waals surface area contributed by atoms with E-state index >= 15 is 0 Å². The topological polar surface area (TPSA) is 15.3 Å². The van der Waals surface area contributed by atoms with E-state index in [2.05, 4.69) is 35.3 Å². The molecule has 0 aromatic heterocycles. The van der Waals surface area contributed by atoms with Crippen LogP contribution in [0.3, 0.4) is 0 Å². The summed E-state index contributed by atoms with van der Waals surface area (Å²) in [5.41, 5.74) is 3.17. The van der Waals surface area contributed by atoms with Crippen LogP contribution in [0.1, 0.15) is 0 Å². The summed E-state index contributed by atoms with van der Waals surface area (Å²) in [6.45, 7) is 12.9. The maximum Gasteiger partial charge on any atom is 0.0151 e. The first kappa shape index (κ1) is 9.09. The van der Waals surface area contributed by atoms with E-state index < -0.39 is 7.04 Å². The molecule has 0 aliphatic carbocycles. The Labute approximate surface area is 69.3 Å². The summed E-state index contributed by atoms with van der Waals surface area (Å²) in [6, 6.07) is 0. The lowest BCUT2D eigenvalue weighted by Crippen LogP contribution is -2.41. The predicted octanol–water partition coefficient (Wildman–Crippen LogP) is 0.671. The van der Waals surface area contributed by atoms with Gasteiger partial charge < -0.3 is 5.32 Å². The van der Waals surface area contributed by atoms with Crippen molar-refractivity contribution in [2.24, 2.45) is 0 Å². The van der Waals surface area contributed by atoms with Crippen molar-refractivity contribution in [2.75, 3.05) is 39.5 Å². The molecule has 1 saturated heterocycles. The molecule has 1 heterocycles. The van der Waals surface area contributed by atoms with Crippen LogP contribution >= 0.6 is 7.04 Å². The smallest absolute Gasteiger partial charge is 0.0151 e. The molecular formula is C8H17N2P. The minimum absolute atomic E-state index is 1.07. The van der Waals surface area contributed by atoms with E-state index in [0.29, 0.717) is 0 Å². The maximum absolute atomic E-state index is 3.77. The van der Waals surface area contributed by atoms with Crippen molar-refractivity contribution in [1.29, 1.82) is 0 Å². The van der Waals surface area contributed by atoms with Gasteiger partial charge in [-0.05, 0) is 20.4 Å². The van der Waals surface area contributed by atoms with E-state index in [9.17, 15) is 0 Å². The van der Waals surface area contributed by atoms with Gasteiger partial charge in [-0.2, -0.15) is 0 Å². The Morgan fingerprint density at radius 3 is 2.36 bits per heavy atom. The van der Waals surface area contributed by atoms with Gasteiger partial charge in [-0.1, -0.05) is 6.58 Å².